The van der Waals surface area contributed by atoms with E-state index in [0.29, 0.717) is 23.9 Å². The number of nitrogens with zero attached hydrogens (tertiary/aromatic N) is 3. The van der Waals surface area contributed by atoms with Crippen LogP contribution in [0.25, 0.3) is 11.0 Å². The van der Waals surface area contributed by atoms with E-state index < -0.39 is 17.4 Å². The fraction of sp³-hybridized carbons (Fsp3) is 0.500. The van der Waals surface area contributed by atoms with Gasteiger partial charge in [0.1, 0.15) is 5.52 Å². The first-order valence-corrected chi connectivity index (χ1v) is 7.75. The molecule has 1 saturated carbocycles. The largest absolute Gasteiger partial charge is 0.481 e. The van der Waals surface area contributed by atoms with Gasteiger partial charge in [-0.05, 0) is 38.0 Å². The van der Waals surface area contributed by atoms with Crippen LogP contribution in [0.2, 0.25) is 0 Å². The lowest BCUT2D eigenvalue weighted by atomic mass is 9.73. The van der Waals surface area contributed by atoms with E-state index in [1.165, 1.54) is 0 Å². The quantitative estimate of drug-likeness (QED) is 0.899. The molecule has 1 aromatic heterocycles. The van der Waals surface area contributed by atoms with E-state index in [1.807, 2.05) is 6.92 Å². The first-order valence-electron chi connectivity index (χ1n) is 7.75. The zero-order chi connectivity index (χ0) is 16.6. The number of fused-ring (bicyclic) bond motifs is 1. The molecule has 0 saturated heterocycles. The summed E-state index contributed by atoms with van der Waals surface area (Å²) in [4.78, 5) is 24.1. The van der Waals surface area contributed by atoms with E-state index in [1.54, 1.807) is 29.9 Å². The van der Waals surface area contributed by atoms with Crippen LogP contribution in [0, 0.1) is 5.92 Å². The van der Waals surface area contributed by atoms with E-state index in [-0.39, 0.29) is 5.91 Å². The molecule has 0 bridgehead atoms. The molecule has 0 aliphatic heterocycles. The Hall–Kier alpha value is -2.44. The lowest BCUT2D eigenvalue weighted by Gasteiger charge is -2.39. The second-order valence-corrected chi connectivity index (χ2v) is 6.42. The van der Waals surface area contributed by atoms with Crippen LogP contribution in [0.5, 0.6) is 0 Å². The summed E-state index contributed by atoms with van der Waals surface area (Å²) in [7, 11) is 1.79. The van der Waals surface area contributed by atoms with Gasteiger partial charge in [-0.15, -0.1) is 5.10 Å². The van der Waals surface area contributed by atoms with Crippen molar-refractivity contribution in [3.05, 3.63) is 23.8 Å². The van der Waals surface area contributed by atoms with Crippen LogP contribution in [-0.4, -0.2) is 37.5 Å². The highest BCUT2D eigenvalue weighted by Gasteiger charge is 2.42. The van der Waals surface area contributed by atoms with Crippen LogP contribution in [0.15, 0.2) is 18.2 Å². The lowest BCUT2D eigenvalue weighted by molar-refractivity contribution is -0.145. The minimum absolute atomic E-state index is 0.270. The maximum Gasteiger partial charge on any atom is 0.308 e. The highest BCUT2D eigenvalue weighted by Crippen LogP contribution is 2.34. The normalized spacial score (nSPS) is 24.5. The topological polar surface area (TPSA) is 97.1 Å². The summed E-state index contributed by atoms with van der Waals surface area (Å²) in [5.41, 5.74) is 1.23. The van der Waals surface area contributed by atoms with Gasteiger partial charge < -0.3 is 10.4 Å². The Morgan fingerprint density at radius 2 is 2.17 bits per heavy atom. The van der Waals surface area contributed by atoms with Crippen LogP contribution in [0.3, 0.4) is 0 Å². The maximum atomic E-state index is 12.6. The number of aryl methyl sites for hydroxylation is 1. The van der Waals surface area contributed by atoms with Crippen LogP contribution in [-0.2, 0) is 11.8 Å². The summed E-state index contributed by atoms with van der Waals surface area (Å²) in [5.74, 6) is -1.68. The fourth-order valence-electron chi connectivity index (χ4n) is 3.39. The van der Waals surface area contributed by atoms with E-state index in [2.05, 4.69) is 15.6 Å². The van der Waals surface area contributed by atoms with Crippen molar-refractivity contribution in [2.75, 3.05) is 0 Å². The number of hydrogen-bond acceptors (Lipinski definition) is 4. The first-order chi connectivity index (χ1) is 10.9. The molecule has 1 aliphatic rings. The molecule has 122 valence electrons. The van der Waals surface area contributed by atoms with Gasteiger partial charge in [-0.1, -0.05) is 18.1 Å². The van der Waals surface area contributed by atoms with Crippen LogP contribution in [0.1, 0.15) is 43.0 Å². The van der Waals surface area contributed by atoms with Crippen molar-refractivity contribution in [2.45, 2.75) is 38.1 Å². The molecule has 7 nitrogen and oxygen atoms in total. The highest BCUT2D eigenvalue weighted by molar-refractivity contribution is 5.98. The summed E-state index contributed by atoms with van der Waals surface area (Å²) in [6, 6.07) is 5.19. The minimum Gasteiger partial charge on any atom is -0.481 e. The van der Waals surface area contributed by atoms with Crippen molar-refractivity contribution in [1.29, 1.82) is 0 Å². The molecule has 2 atom stereocenters. The molecule has 0 spiro atoms. The van der Waals surface area contributed by atoms with Crippen molar-refractivity contribution < 1.29 is 14.7 Å². The summed E-state index contributed by atoms with van der Waals surface area (Å²) < 4.78 is 1.64. The highest BCUT2D eigenvalue weighted by atomic mass is 16.4. The number of nitrogens with one attached hydrogen (secondary N) is 1. The number of rotatable bonds is 3. The molecular formula is C16H20N4O3. The number of carboxylic acids is 1. The van der Waals surface area contributed by atoms with Gasteiger partial charge in [0.2, 0.25) is 0 Å². The number of hydrogen-bond donors (Lipinski definition) is 2. The smallest absolute Gasteiger partial charge is 0.308 e. The predicted octanol–water partition coefficient (Wildman–Crippen LogP) is 1.73. The number of carboxylic acid groups (broad SMARTS) is 1. The van der Waals surface area contributed by atoms with E-state index in [9.17, 15) is 14.7 Å². The number of aliphatic carboxylic acids is 1. The third-order valence-electron chi connectivity index (χ3n) is 4.78. The number of carbonyl (C=O) groups excluding carboxylic acids is 1. The lowest BCUT2D eigenvalue weighted by Crippen LogP contribution is -2.55. The second kappa shape index (κ2) is 5.64. The predicted molar refractivity (Wildman–Crippen MR) is 84.0 cm³/mol. The van der Waals surface area contributed by atoms with Gasteiger partial charge in [0, 0.05) is 12.6 Å². The van der Waals surface area contributed by atoms with E-state index in [0.717, 1.165) is 18.4 Å². The molecule has 1 fully saturated rings. The maximum absolute atomic E-state index is 12.6. The number of carbonyl (C=O) groups is 2. The Labute approximate surface area is 133 Å². The van der Waals surface area contributed by atoms with Crippen molar-refractivity contribution in [2.24, 2.45) is 13.0 Å². The molecule has 1 aliphatic carbocycles. The third kappa shape index (κ3) is 2.78. The molecule has 7 heteroatoms. The average molecular weight is 316 g/mol. The van der Waals surface area contributed by atoms with Gasteiger partial charge in [0.15, 0.2) is 0 Å². The molecule has 2 unspecified atom stereocenters. The Bertz CT molecular complexity index is 770. The van der Waals surface area contributed by atoms with Crippen molar-refractivity contribution in [3.63, 3.8) is 0 Å². The van der Waals surface area contributed by atoms with Crippen LogP contribution >= 0.6 is 0 Å². The summed E-state index contributed by atoms with van der Waals surface area (Å²) in [6.07, 6.45) is 3.07. The van der Waals surface area contributed by atoms with Gasteiger partial charge in [0.05, 0.1) is 17.0 Å². The van der Waals surface area contributed by atoms with E-state index in [4.69, 9.17) is 0 Å². The molecule has 1 amide bonds. The molecular weight excluding hydrogens is 296 g/mol. The SMILES string of the molecule is Cn1nnc2cc(C(=O)NC3(C)CCCCC3C(=O)O)ccc21. The number of amides is 1. The molecule has 1 heterocycles. The summed E-state index contributed by atoms with van der Waals surface area (Å²) in [6.45, 7) is 1.82. The second-order valence-electron chi connectivity index (χ2n) is 6.42. The van der Waals surface area contributed by atoms with Crippen LogP contribution < -0.4 is 5.32 Å². The standard InChI is InChI=1S/C16H20N4O3/c1-16(8-4-3-5-11(16)15(22)23)17-14(21)10-6-7-13-12(9-10)18-19-20(13)2/h6-7,9,11H,3-5,8H2,1-2H3,(H,17,21)(H,22,23). The molecule has 0 radical (unpaired) electrons. The van der Waals surface area contributed by atoms with Gasteiger partial charge >= 0.3 is 5.97 Å². The Morgan fingerprint density at radius 1 is 1.39 bits per heavy atom. The molecule has 2 aromatic rings. The zero-order valence-electron chi connectivity index (χ0n) is 13.2. The Kier molecular flexibility index (Phi) is 3.79. The van der Waals surface area contributed by atoms with Gasteiger partial charge in [-0.25, -0.2) is 4.68 Å². The molecule has 3 rings (SSSR count). The number of benzene rings is 1. The third-order valence-corrected chi connectivity index (χ3v) is 4.78. The molecule has 2 N–H and O–H groups in total. The summed E-state index contributed by atoms with van der Waals surface area (Å²) >= 11 is 0. The van der Waals surface area contributed by atoms with Crippen molar-refractivity contribution in [3.8, 4) is 0 Å². The number of aromatic nitrogens is 3. The van der Waals surface area contributed by atoms with Gasteiger partial charge in [-0.2, -0.15) is 0 Å². The summed E-state index contributed by atoms with van der Waals surface area (Å²) in [5, 5.41) is 20.3. The van der Waals surface area contributed by atoms with Crippen molar-refractivity contribution >= 4 is 22.9 Å². The zero-order valence-corrected chi connectivity index (χ0v) is 13.2. The van der Waals surface area contributed by atoms with E-state index >= 15 is 0 Å². The Balaban J connectivity index is 1.85. The fourth-order valence-corrected chi connectivity index (χ4v) is 3.39. The molecule has 1 aromatic carbocycles. The van der Waals surface area contributed by atoms with Crippen LogP contribution in [0.4, 0.5) is 0 Å². The molecule has 23 heavy (non-hydrogen) atoms. The monoisotopic (exact) mass is 316 g/mol. The minimum atomic E-state index is -0.850. The van der Waals surface area contributed by atoms with Crippen molar-refractivity contribution in [1.82, 2.24) is 20.3 Å². The average Bonchev–Trinajstić information content (AvgIpc) is 2.88. The van der Waals surface area contributed by atoms with Gasteiger partial charge in [-0.3, -0.25) is 9.59 Å². The van der Waals surface area contributed by atoms with Gasteiger partial charge in [0.25, 0.3) is 5.91 Å². The Morgan fingerprint density at radius 3 is 2.91 bits per heavy atom. The first kappa shape index (κ1) is 15.5.